The van der Waals surface area contributed by atoms with E-state index in [-0.39, 0.29) is 41.8 Å². The van der Waals surface area contributed by atoms with Gasteiger partial charge in [-0.05, 0) is 37.1 Å². The van der Waals surface area contributed by atoms with Crippen LogP contribution >= 0.6 is 0 Å². The summed E-state index contributed by atoms with van der Waals surface area (Å²) in [5.74, 6) is -1.58. The third-order valence-corrected chi connectivity index (χ3v) is 5.93. The van der Waals surface area contributed by atoms with Crippen molar-refractivity contribution in [1.29, 1.82) is 0 Å². The van der Waals surface area contributed by atoms with Crippen molar-refractivity contribution in [2.24, 2.45) is 4.99 Å². The molecule has 0 radical (unpaired) electrons. The Balaban J connectivity index is 2.07. The maximum atomic E-state index is 13.5. The number of carbonyl (C=O) groups is 2. The Morgan fingerprint density at radius 2 is 1.83 bits per heavy atom. The van der Waals surface area contributed by atoms with Crippen LogP contribution in [0.4, 0.5) is 0 Å². The molecule has 0 aliphatic heterocycles. The summed E-state index contributed by atoms with van der Waals surface area (Å²) in [6.07, 6.45) is 2.14. The van der Waals surface area contributed by atoms with E-state index in [1.54, 1.807) is 43.0 Å². The maximum Gasteiger partial charge on any atom is 0.341 e. The van der Waals surface area contributed by atoms with Crippen molar-refractivity contribution in [1.82, 2.24) is 14.0 Å². The van der Waals surface area contributed by atoms with E-state index in [9.17, 15) is 14.4 Å². The van der Waals surface area contributed by atoms with E-state index in [0.29, 0.717) is 17.7 Å². The molecule has 0 fully saturated rings. The zero-order chi connectivity index (χ0) is 25.7. The molecule has 9 heteroatoms. The Morgan fingerprint density at radius 1 is 1.08 bits per heavy atom. The lowest BCUT2D eigenvalue weighted by molar-refractivity contribution is -0.119. The van der Waals surface area contributed by atoms with Crippen molar-refractivity contribution in [2.75, 3.05) is 20.3 Å². The van der Waals surface area contributed by atoms with Crippen LogP contribution in [-0.4, -0.2) is 46.2 Å². The average Bonchev–Trinajstić information content (AvgIpc) is 2.89. The van der Waals surface area contributed by atoms with Gasteiger partial charge in [0.15, 0.2) is 5.49 Å². The lowest BCUT2D eigenvalue weighted by atomic mass is 9.96. The van der Waals surface area contributed by atoms with Crippen molar-refractivity contribution in [3.8, 4) is 0 Å². The summed E-state index contributed by atoms with van der Waals surface area (Å²) >= 11 is 0. The maximum absolute atomic E-state index is 13.5. The summed E-state index contributed by atoms with van der Waals surface area (Å²) in [6.45, 7) is 4.18. The molecule has 1 amide bonds. The number of aromatic nitrogens is 3. The molecule has 4 aromatic rings. The van der Waals surface area contributed by atoms with Gasteiger partial charge in [-0.3, -0.25) is 14.0 Å². The minimum Gasteiger partial charge on any atom is -0.462 e. The molecule has 0 aliphatic carbocycles. The minimum absolute atomic E-state index is 0.0199. The molecule has 0 saturated heterocycles. The number of benzene rings is 1. The van der Waals surface area contributed by atoms with Crippen molar-refractivity contribution in [2.45, 2.75) is 32.7 Å². The zero-order valence-electron chi connectivity index (χ0n) is 20.5. The lowest BCUT2D eigenvalue weighted by Crippen LogP contribution is -2.34. The number of ether oxygens (including phenoxy) is 2. The molecular weight excluding hydrogens is 460 g/mol. The molecule has 186 valence electrons. The van der Waals surface area contributed by atoms with E-state index in [1.165, 1.54) is 10.5 Å². The van der Waals surface area contributed by atoms with Gasteiger partial charge in [0.1, 0.15) is 16.9 Å². The van der Waals surface area contributed by atoms with E-state index in [2.05, 4.69) is 9.98 Å². The summed E-state index contributed by atoms with van der Waals surface area (Å²) < 4.78 is 13.6. The Hall–Kier alpha value is -4.11. The number of methoxy groups -OCH3 is 1. The van der Waals surface area contributed by atoms with Crippen LogP contribution in [0, 0.1) is 0 Å². The highest BCUT2D eigenvalue weighted by atomic mass is 16.5. The Kier molecular flexibility index (Phi) is 7.70. The Morgan fingerprint density at radius 3 is 2.53 bits per heavy atom. The number of nitrogens with zero attached hydrogens (tertiary/aromatic N) is 4. The first-order valence-electron chi connectivity index (χ1n) is 11.8. The molecule has 3 aromatic heterocycles. The van der Waals surface area contributed by atoms with Gasteiger partial charge in [-0.25, -0.2) is 9.78 Å². The number of pyridine rings is 2. The lowest BCUT2D eigenvalue weighted by Gasteiger charge is -2.16. The second kappa shape index (κ2) is 11.1. The number of rotatable bonds is 8. The quantitative estimate of drug-likeness (QED) is 0.279. The van der Waals surface area contributed by atoms with E-state index >= 15 is 0 Å². The molecular formula is C27H28N4O5. The molecule has 0 aliphatic rings. The van der Waals surface area contributed by atoms with Crippen LogP contribution in [0.25, 0.3) is 16.7 Å². The molecule has 4 rings (SSSR count). The van der Waals surface area contributed by atoms with Crippen LogP contribution < -0.4 is 11.0 Å². The van der Waals surface area contributed by atoms with Crippen molar-refractivity contribution < 1.29 is 19.1 Å². The Bertz CT molecular complexity index is 1540. The second-order valence-corrected chi connectivity index (χ2v) is 8.15. The molecule has 9 nitrogen and oxygen atoms in total. The predicted molar refractivity (Wildman–Crippen MR) is 135 cm³/mol. The van der Waals surface area contributed by atoms with E-state index in [0.717, 1.165) is 5.56 Å². The molecule has 0 N–H and O–H groups in total. The molecule has 1 aromatic carbocycles. The smallest absolute Gasteiger partial charge is 0.341 e. The van der Waals surface area contributed by atoms with Crippen molar-refractivity contribution in [3.63, 3.8) is 0 Å². The standard InChI is InChI=1S/C27H28N4O5/c1-4-19(18-11-7-6-8-12-18)25(32)29-24-21(27(34)36-5-2)17-20-23(31(24)15-16-35-3)28-22-13-9-10-14-30(22)26(20)33/h6-14,17,19H,4-5,15-16H2,1-3H3. The van der Waals surface area contributed by atoms with Crippen molar-refractivity contribution >= 4 is 28.6 Å². The van der Waals surface area contributed by atoms with Gasteiger partial charge in [0.05, 0.1) is 24.5 Å². The first-order valence-corrected chi connectivity index (χ1v) is 11.8. The highest BCUT2D eigenvalue weighted by Gasteiger charge is 2.23. The van der Waals surface area contributed by atoms with Gasteiger partial charge in [0.25, 0.3) is 11.5 Å². The summed E-state index contributed by atoms with van der Waals surface area (Å²) in [4.78, 5) is 49.0. The largest absolute Gasteiger partial charge is 0.462 e. The second-order valence-electron chi connectivity index (χ2n) is 8.15. The van der Waals surface area contributed by atoms with Gasteiger partial charge in [0, 0.05) is 19.9 Å². The highest BCUT2D eigenvalue weighted by Crippen LogP contribution is 2.21. The van der Waals surface area contributed by atoms with E-state index < -0.39 is 17.8 Å². The fraction of sp³-hybridized carbons (Fsp3) is 0.296. The van der Waals surface area contributed by atoms with Gasteiger partial charge < -0.3 is 14.0 Å². The van der Waals surface area contributed by atoms with Gasteiger partial charge in [-0.1, -0.05) is 43.3 Å². The SMILES string of the molecule is CCOC(=O)c1cc2c(=O)n3ccccc3nc2n(CCOC)c1=NC(=O)C(CC)c1ccccc1. The number of hydrogen-bond donors (Lipinski definition) is 0. The van der Waals surface area contributed by atoms with E-state index in [1.807, 2.05) is 37.3 Å². The molecule has 36 heavy (non-hydrogen) atoms. The van der Waals surface area contributed by atoms with Crippen LogP contribution in [0.5, 0.6) is 0 Å². The van der Waals surface area contributed by atoms with Crippen LogP contribution in [-0.2, 0) is 20.8 Å². The number of esters is 1. The number of amides is 1. The first-order chi connectivity index (χ1) is 17.5. The summed E-state index contributed by atoms with van der Waals surface area (Å²) in [5.41, 5.74) is 1.32. The number of fused-ring (bicyclic) bond motifs is 2. The number of carbonyl (C=O) groups excluding carboxylic acids is 2. The van der Waals surface area contributed by atoms with E-state index in [4.69, 9.17) is 9.47 Å². The molecule has 0 saturated carbocycles. The highest BCUT2D eigenvalue weighted by molar-refractivity contribution is 5.94. The monoisotopic (exact) mass is 488 g/mol. The van der Waals surface area contributed by atoms with Crippen LogP contribution in [0.3, 0.4) is 0 Å². The van der Waals surface area contributed by atoms with Gasteiger partial charge in [0.2, 0.25) is 0 Å². The average molecular weight is 489 g/mol. The van der Waals surface area contributed by atoms with Crippen LogP contribution in [0.1, 0.15) is 42.1 Å². The fourth-order valence-electron chi connectivity index (χ4n) is 4.17. The predicted octanol–water partition coefficient (Wildman–Crippen LogP) is 3.09. The van der Waals surface area contributed by atoms with Gasteiger partial charge >= 0.3 is 5.97 Å². The normalized spacial score (nSPS) is 12.7. The topological polar surface area (TPSA) is 104 Å². The summed E-state index contributed by atoms with van der Waals surface area (Å²) in [5, 5.41) is 0.208. The third-order valence-electron chi connectivity index (χ3n) is 5.93. The molecule has 3 heterocycles. The Labute approximate surface area is 207 Å². The molecule has 1 atom stereocenters. The molecule has 0 bridgehead atoms. The minimum atomic E-state index is -0.678. The fourth-order valence-corrected chi connectivity index (χ4v) is 4.17. The number of hydrogen-bond acceptors (Lipinski definition) is 6. The summed E-state index contributed by atoms with van der Waals surface area (Å²) in [6, 6.07) is 16.0. The first kappa shape index (κ1) is 25.0. The molecule has 0 spiro atoms. The zero-order valence-corrected chi connectivity index (χ0v) is 20.5. The van der Waals surface area contributed by atoms with Gasteiger partial charge in [-0.2, -0.15) is 4.99 Å². The van der Waals surface area contributed by atoms with Crippen molar-refractivity contribution in [3.05, 3.63) is 87.8 Å². The van der Waals surface area contributed by atoms with Crippen LogP contribution in [0.2, 0.25) is 0 Å². The van der Waals surface area contributed by atoms with Crippen LogP contribution in [0.15, 0.2) is 70.6 Å². The van der Waals surface area contributed by atoms with Gasteiger partial charge in [-0.15, -0.1) is 0 Å². The third kappa shape index (κ3) is 4.83. The summed E-state index contributed by atoms with van der Waals surface area (Å²) in [7, 11) is 1.54. The molecule has 1 unspecified atom stereocenters.